The number of likely N-dealkylation sites (tertiary alicyclic amines) is 1. The average Bonchev–Trinajstić information content (AvgIpc) is 1.78. The molecule has 0 aromatic rings. The standard InChI is InChI=1S/C7H11Cl2NO/c1-7(11)4-10(5-7)3-2-6(8)9/h2,11H,3-5H2,1H3. The van der Waals surface area contributed by atoms with Gasteiger partial charge in [0.2, 0.25) is 0 Å². The zero-order valence-electron chi connectivity index (χ0n) is 6.35. The van der Waals surface area contributed by atoms with E-state index >= 15 is 0 Å². The second kappa shape index (κ2) is 3.31. The number of hydrogen-bond donors (Lipinski definition) is 1. The lowest BCUT2D eigenvalue weighted by atomic mass is 9.97. The van der Waals surface area contributed by atoms with Crippen LogP contribution in [0.15, 0.2) is 10.6 Å². The van der Waals surface area contributed by atoms with Crippen LogP contribution in [0.25, 0.3) is 0 Å². The molecule has 0 saturated carbocycles. The van der Waals surface area contributed by atoms with Crippen molar-refractivity contribution in [2.75, 3.05) is 19.6 Å². The number of aliphatic hydroxyl groups is 1. The van der Waals surface area contributed by atoms with Crippen LogP contribution >= 0.6 is 23.2 Å². The summed E-state index contributed by atoms with van der Waals surface area (Å²) < 4.78 is 0.288. The summed E-state index contributed by atoms with van der Waals surface area (Å²) in [5, 5.41) is 9.32. The van der Waals surface area contributed by atoms with Crippen LogP contribution < -0.4 is 0 Å². The largest absolute Gasteiger partial charge is 0.388 e. The van der Waals surface area contributed by atoms with Gasteiger partial charge in [0.05, 0.1) is 5.60 Å². The van der Waals surface area contributed by atoms with Gasteiger partial charge in [0, 0.05) is 19.6 Å². The Labute approximate surface area is 76.4 Å². The molecule has 0 amide bonds. The van der Waals surface area contributed by atoms with Crippen molar-refractivity contribution < 1.29 is 5.11 Å². The van der Waals surface area contributed by atoms with Crippen LogP contribution in [-0.2, 0) is 0 Å². The molecule has 1 N–H and O–H groups in total. The topological polar surface area (TPSA) is 23.5 Å². The number of rotatable bonds is 2. The summed E-state index contributed by atoms with van der Waals surface area (Å²) >= 11 is 10.8. The van der Waals surface area contributed by atoms with Crippen LogP contribution in [-0.4, -0.2) is 35.2 Å². The quantitative estimate of drug-likeness (QED) is 0.720. The lowest BCUT2D eigenvalue weighted by Gasteiger charge is -2.43. The van der Waals surface area contributed by atoms with Gasteiger partial charge in [-0.15, -0.1) is 0 Å². The normalized spacial score (nSPS) is 22.5. The first kappa shape index (κ1) is 9.33. The molecule has 0 atom stereocenters. The lowest BCUT2D eigenvalue weighted by molar-refractivity contribution is -0.0777. The van der Waals surface area contributed by atoms with Gasteiger partial charge >= 0.3 is 0 Å². The second-order valence-corrected chi connectivity index (χ2v) is 4.17. The average molecular weight is 196 g/mol. The molecule has 0 unspecified atom stereocenters. The van der Waals surface area contributed by atoms with Crippen LogP contribution in [0.4, 0.5) is 0 Å². The number of β-amino-alcohol motifs (C(OH)–C–C–N with tert-alkyl or cyclic N) is 1. The molecule has 0 radical (unpaired) electrons. The third kappa shape index (κ3) is 2.99. The summed E-state index contributed by atoms with van der Waals surface area (Å²) in [6.45, 7) is 3.93. The minimum Gasteiger partial charge on any atom is -0.388 e. The molecule has 0 aromatic heterocycles. The second-order valence-electron chi connectivity index (χ2n) is 3.16. The zero-order chi connectivity index (χ0) is 8.48. The predicted octanol–water partition coefficient (Wildman–Crippen LogP) is 1.37. The molecule has 1 heterocycles. The first-order chi connectivity index (χ1) is 4.99. The first-order valence-electron chi connectivity index (χ1n) is 3.45. The van der Waals surface area contributed by atoms with Crippen LogP contribution in [0.3, 0.4) is 0 Å². The van der Waals surface area contributed by atoms with Gasteiger partial charge in [-0.3, -0.25) is 4.90 Å². The maximum absolute atomic E-state index is 9.32. The highest BCUT2D eigenvalue weighted by Gasteiger charge is 2.35. The van der Waals surface area contributed by atoms with E-state index in [2.05, 4.69) is 4.90 Å². The third-order valence-corrected chi connectivity index (χ3v) is 1.94. The molecule has 0 aliphatic carbocycles. The summed E-state index contributed by atoms with van der Waals surface area (Å²) in [5.41, 5.74) is -0.507. The number of halogens is 2. The van der Waals surface area contributed by atoms with Gasteiger partial charge in [0.25, 0.3) is 0 Å². The smallest absolute Gasteiger partial charge is 0.104 e. The Balaban J connectivity index is 2.19. The van der Waals surface area contributed by atoms with Gasteiger partial charge in [0.1, 0.15) is 4.49 Å². The van der Waals surface area contributed by atoms with Crippen molar-refractivity contribution in [3.63, 3.8) is 0 Å². The van der Waals surface area contributed by atoms with Crippen LogP contribution in [0.2, 0.25) is 0 Å². The van der Waals surface area contributed by atoms with E-state index in [1.54, 1.807) is 6.08 Å². The SMILES string of the molecule is CC1(O)CN(CC=C(Cl)Cl)C1. The summed E-state index contributed by atoms with van der Waals surface area (Å²) in [5.74, 6) is 0. The molecule has 0 spiro atoms. The number of hydrogen-bond acceptors (Lipinski definition) is 2. The van der Waals surface area contributed by atoms with Gasteiger partial charge in [-0.1, -0.05) is 23.2 Å². The van der Waals surface area contributed by atoms with E-state index in [1.165, 1.54) is 0 Å². The van der Waals surface area contributed by atoms with E-state index in [1.807, 2.05) is 6.92 Å². The van der Waals surface area contributed by atoms with E-state index in [9.17, 15) is 5.11 Å². The molecular formula is C7H11Cl2NO. The summed E-state index contributed by atoms with van der Waals surface area (Å²) in [4.78, 5) is 2.06. The van der Waals surface area contributed by atoms with Gasteiger partial charge in [-0.05, 0) is 13.0 Å². The van der Waals surface area contributed by atoms with Gasteiger partial charge in [-0.2, -0.15) is 0 Å². The molecule has 2 nitrogen and oxygen atoms in total. The Bertz CT molecular complexity index is 167. The van der Waals surface area contributed by atoms with Crippen molar-refractivity contribution in [1.82, 2.24) is 4.90 Å². The Morgan fingerprint density at radius 1 is 1.64 bits per heavy atom. The van der Waals surface area contributed by atoms with E-state index in [0.29, 0.717) is 13.1 Å². The van der Waals surface area contributed by atoms with Crippen LogP contribution in [0.1, 0.15) is 6.92 Å². The maximum atomic E-state index is 9.32. The minimum atomic E-state index is -0.507. The van der Waals surface area contributed by atoms with Gasteiger partial charge in [-0.25, -0.2) is 0 Å². The van der Waals surface area contributed by atoms with E-state index < -0.39 is 5.60 Å². The molecule has 0 aromatic carbocycles. The molecule has 1 aliphatic rings. The Morgan fingerprint density at radius 2 is 2.18 bits per heavy atom. The fraction of sp³-hybridized carbons (Fsp3) is 0.714. The molecule has 11 heavy (non-hydrogen) atoms. The highest BCUT2D eigenvalue weighted by atomic mass is 35.5. The Kier molecular flexibility index (Phi) is 2.81. The van der Waals surface area contributed by atoms with Crippen LogP contribution in [0.5, 0.6) is 0 Å². The molecular weight excluding hydrogens is 185 g/mol. The van der Waals surface area contributed by atoms with Crippen molar-refractivity contribution in [1.29, 1.82) is 0 Å². The Hall–Kier alpha value is 0.240. The first-order valence-corrected chi connectivity index (χ1v) is 4.21. The molecule has 1 saturated heterocycles. The lowest BCUT2D eigenvalue weighted by Crippen LogP contribution is -2.59. The van der Waals surface area contributed by atoms with Gasteiger partial charge < -0.3 is 5.11 Å². The summed E-state index contributed by atoms with van der Waals surface area (Å²) in [7, 11) is 0. The summed E-state index contributed by atoms with van der Waals surface area (Å²) in [6.07, 6.45) is 1.72. The van der Waals surface area contributed by atoms with Gasteiger partial charge in [0.15, 0.2) is 0 Å². The molecule has 4 heteroatoms. The van der Waals surface area contributed by atoms with Crippen molar-refractivity contribution in [2.24, 2.45) is 0 Å². The predicted molar refractivity (Wildman–Crippen MR) is 46.9 cm³/mol. The van der Waals surface area contributed by atoms with Crippen molar-refractivity contribution >= 4 is 23.2 Å². The van der Waals surface area contributed by atoms with Crippen molar-refractivity contribution in [2.45, 2.75) is 12.5 Å². The summed E-state index contributed by atoms with van der Waals surface area (Å²) in [6, 6.07) is 0. The fourth-order valence-electron chi connectivity index (χ4n) is 1.24. The molecule has 1 aliphatic heterocycles. The third-order valence-electron chi connectivity index (χ3n) is 1.63. The zero-order valence-corrected chi connectivity index (χ0v) is 7.86. The number of nitrogens with zero attached hydrogens (tertiary/aromatic N) is 1. The highest BCUT2D eigenvalue weighted by molar-refractivity contribution is 6.55. The molecule has 64 valence electrons. The maximum Gasteiger partial charge on any atom is 0.104 e. The fourth-order valence-corrected chi connectivity index (χ4v) is 1.38. The highest BCUT2D eigenvalue weighted by Crippen LogP contribution is 2.19. The van der Waals surface area contributed by atoms with Crippen molar-refractivity contribution in [3.8, 4) is 0 Å². The molecule has 1 fully saturated rings. The monoisotopic (exact) mass is 195 g/mol. The molecule has 0 bridgehead atoms. The Morgan fingerprint density at radius 3 is 2.55 bits per heavy atom. The minimum absolute atomic E-state index is 0.288. The molecule has 1 rings (SSSR count). The van der Waals surface area contributed by atoms with Crippen LogP contribution in [0, 0.1) is 0 Å². The van der Waals surface area contributed by atoms with E-state index in [-0.39, 0.29) is 4.49 Å². The van der Waals surface area contributed by atoms with E-state index in [4.69, 9.17) is 23.2 Å². The van der Waals surface area contributed by atoms with Crippen molar-refractivity contribution in [3.05, 3.63) is 10.6 Å². The van der Waals surface area contributed by atoms with E-state index in [0.717, 1.165) is 6.54 Å².